The van der Waals surface area contributed by atoms with Crippen molar-refractivity contribution < 1.29 is 14.7 Å². The SMILES string of the molecule is CC1CC(C)N(C(=O)N2CCSCC2C(=O)O)C1. The Bertz CT molecular complexity index is 350. The van der Waals surface area contributed by atoms with Crippen LogP contribution in [-0.2, 0) is 4.79 Å². The second-order valence-electron chi connectivity index (χ2n) is 5.25. The van der Waals surface area contributed by atoms with E-state index < -0.39 is 12.0 Å². The maximum absolute atomic E-state index is 12.5. The second-order valence-corrected chi connectivity index (χ2v) is 6.40. The highest BCUT2D eigenvalue weighted by atomic mass is 32.2. The number of carbonyl (C=O) groups is 2. The Morgan fingerprint density at radius 2 is 2.00 bits per heavy atom. The molecule has 0 spiro atoms. The maximum Gasteiger partial charge on any atom is 0.327 e. The fraction of sp³-hybridized carbons (Fsp3) is 0.833. The fourth-order valence-corrected chi connectivity index (χ4v) is 3.81. The molecule has 0 aromatic carbocycles. The summed E-state index contributed by atoms with van der Waals surface area (Å²) in [5.74, 6) is 0.938. The van der Waals surface area contributed by atoms with Crippen LogP contribution in [0.25, 0.3) is 0 Å². The summed E-state index contributed by atoms with van der Waals surface area (Å²) in [6.45, 7) is 5.45. The highest BCUT2D eigenvalue weighted by molar-refractivity contribution is 7.99. The number of nitrogens with zero attached hydrogens (tertiary/aromatic N) is 2. The molecule has 2 amide bonds. The lowest BCUT2D eigenvalue weighted by molar-refractivity contribution is -0.141. The molecular weight excluding hydrogens is 252 g/mol. The van der Waals surface area contributed by atoms with Crippen molar-refractivity contribution in [3.05, 3.63) is 0 Å². The van der Waals surface area contributed by atoms with Crippen LogP contribution in [0.2, 0.25) is 0 Å². The van der Waals surface area contributed by atoms with Gasteiger partial charge < -0.3 is 14.9 Å². The van der Waals surface area contributed by atoms with E-state index in [0.717, 1.165) is 18.7 Å². The summed E-state index contributed by atoms with van der Waals surface area (Å²) in [5, 5.41) is 9.19. The van der Waals surface area contributed by atoms with Gasteiger partial charge in [-0.2, -0.15) is 11.8 Å². The zero-order valence-corrected chi connectivity index (χ0v) is 11.7. The predicted molar refractivity (Wildman–Crippen MR) is 70.8 cm³/mol. The summed E-state index contributed by atoms with van der Waals surface area (Å²) in [7, 11) is 0. The van der Waals surface area contributed by atoms with Gasteiger partial charge in [-0.3, -0.25) is 0 Å². The van der Waals surface area contributed by atoms with Crippen molar-refractivity contribution in [2.45, 2.75) is 32.4 Å². The number of thioether (sulfide) groups is 1. The summed E-state index contributed by atoms with van der Waals surface area (Å²) in [5.41, 5.74) is 0. The van der Waals surface area contributed by atoms with Crippen LogP contribution in [0.4, 0.5) is 4.79 Å². The molecule has 5 nitrogen and oxygen atoms in total. The second kappa shape index (κ2) is 5.38. The molecule has 0 aromatic rings. The van der Waals surface area contributed by atoms with E-state index in [1.807, 2.05) is 11.8 Å². The standard InChI is InChI=1S/C12H20N2O3S/c1-8-5-9(2)14(6-8)12(17)13-3-4-18-7-10(13)11(15)16/h8-10H,3-7H2,1-2H3,(H,15,16). The summed E-state index contributed by atoms with van der Waals surface area (Å²) in [4.78, 5) is 27.0. The number of hydrogen-bond acceptors (Lipinski definition) is 3. The summed E-state index contributed by atoms with van der Waals surface area (Å²) in [6.07, 6.45) is 1.01. The van der Waals surface area contributed by atoms with Gasteiger partial charge in [0.25, 0.3) is 0 Å². The Morgan fingerprint density at radius 3 is 2.56 bits per heavy atom. The Balaban J connectivity index is 2.09. The van der Waals surface area contributed by atoms with E-state index in [4.69, 9.17) is 0 Å². The van der Waals surface area contributed by atoms with Crippen LogP contribution in [0.3, 0.4) is 0 Å². The van der Waals surface area contributed by atoms with Crippen LogP contribution in [0.5, 0.6) is 0 Å². The molecule has 2 heterocycles. The van der Waals surface area contributed by atoms with E-state index in [9.17, 15) is 14.7 Å². The minimum Gasteiger partial charge on any atom is -0.480 e. The molecule has 0 aromatic heterocycles. The lowest BCUT2D eigenvalue weighted by Gasteiger charge is -2.36. The third kappa shape index (κ3) is 2.58. The molecule has 18 heavy (non-hydrogen) atoms. The first-order valence-corrected chi connectivity index (χ1v) is 7.54. The van der Waals surface area contributed by atoms with Crippen molar-refractivity contribution in [2.75, 3.05) is 24.6 Å². The molecule has 2 aliphatic rings. The molecule has 0 aliphatic carbocycles. The van der Waals surface area contributed by atoms with Crippen molar-refractivity contribution in [3.8, 4) is 0 Å². The molecule has 0 bridgehead atoms. The number of carboxylic acid groups (broad SMARTS) is 1. The molecule has 1 N–H and O–H groups in total. The topological polar surface area (TPSA) is 60.9 Å². The average Bonchev–Trinajstić information content (AvgIpc) is 2.67. The molecule has 0 radical (unpaired) electrons. The third-order valence-electron chi connectivity index (χ3n) is 3.69. The summed E-state index contributed by atoms with van der Waals surface area (Å²) < 4.78 is 0. The molecule has 3 atom stereocenters. The number of carboxylic acids is 1. The predicted octanol–water partition coefficient (Wildman–Crippen LogP) is 1.34. The molecule has 102 valence electrons. The molecule has 6 heteroatoms. The van der Waals surface area contributed by atoms with Gasteiger partial charge in [0.05, 0.1) is 0 Å². The van der Waals surface area contributed by atoms with E-state index in [1.54, 1.807) is 11.8 Å². The molecule has 2 rings (SSSR count). The quantitative estimate of drug-likeness (QED) is 0.782. The van der Waals surface area contributed by atoms with Crippen LogP contribution in [0.1, 0.15) is 20.3 Å². The largest absolute Gasteiger partial charge is 0.480 e. The van der Waals surface area contributed by atoms with E-state index in [-0.39, 0.29) is 12.1 Å². The number of urea groups is 1. The van der Waals surface area contributed by atoms with Gasteiger partial charge in [0.1, 0.15) is 6.04 Å². The van der Waals surface area contributed by atoms with Crippen LogP contribution in [-0.4, -0.2) is 63.6 Å². The normalized spacial score (nSPS) is 32.7. The van der Waals surface area contributed by atoms with Gasteiger partial charge in [-0.1, -0.05) is 6.92 Å². The van der Waals surface area contributed by atoms with Gasteiger partial charge in [-0.05, 0) is 19.3 Å². The van der Waals surface area contributed by atoms with Crippen molar-refractivity contribution in [1.82, 2.24) is 9.80 Å². The monoisotopic (exact) mass is 272 g/mol. The lowest BCUT2D eigenvalue weighted by atomic mass is 10.1. The van der Waals surface area contributed by atoms with Crippen LogP contribution < -0.4 is 0 Å². The minimum atomic E-state index is -0.893. The van der Waals surface area contributed by atoms with Gasteiger partial charge in [0.2, 0.25) is 0 Å². The fourth-order valence-electron chi connectivity index (χ4n) is 2.77. The van der Waals surface area contributed by atoms with Gasteiger partial charge in [0, 0.05) is 30.6 Å². The Kier molecular flexibility index (Phi) is 4.04. The number of carbonyl (C=O) groups excluding carboxylic acids is 1. The zero-order chi connectivity index (χ0) is 13.3. The molecule has 0 saturated carbocycles. The average molecular weight is 272 g/mol. The number of rotatable bonds is 1. The van der Waals surface area contributed by atoms with Crippen molar-refractivity contribution >= 4 is 23.8 Å². The van der Waals surface area contributed by atoms with Gasteiger partial charge in [0.15, 0.2) is 0 Å². The Morgan fingerprint density at radius 1 is 1.28 bits per heavy atom. The number of hydrogen-bond donors (Lipinski definition) is 1. The Hall–Kier alpha value is -0.910. The van der Waals surface area contributed by atoms with Crippen LogP contribution in [0, 0.1) is 5.92 Å². The molecule has 2 aliphatic heterocycles. The summed E-state index contributed by atoms with van der Waals surface area (Å²) in [6, 6.07) is -0.546. The highest BCUT2D eigenvalue weighted by Gasteiger charge is 2.38. The molecule has 3 unspecified atom stereocenters. The first-order valence-electron chi connectivity index (χ1n) is 6.38. The maximum atomic E-state index is 12.5. The Labute approximate surface area is 112 Å². The number of amides is 2. The smallest absolute Gasteiger partial charge is 0.327 e. The van der Waals surface area contributed by atoms with Gasteiger partial charge >= 0.3 is 12.0 Å². The minimum absolute atomic E-state index is 0.0976. The van der Waals surface area contributed by atoms with Gasteiger partial charge in [-0.25, -0.2) is 9.59 Å². The van der Waals surface area contributed by atoms with E-state index in [0.29, 0.717) is 18.2 Å². The van der Waals surface area contributed by atoms with Crippen LogP contribution in [0.15, 0.2) is 0 Å². The van der Waals surface area contributed by atoms with E-state index in [2.05, 4.69) is 6.92 Å². The lowest BCUT2D eigenvalue weighted by Crippen LogP contribution is -2.55. The highest BCUT2D eigenvalue weighted by Crippen LogP contribution is 2.26. The van der Waals surface area contributed by atoms with E-state index in [1.165, 1.54) is 4.90 Å². The third-order valence-corrected chi connectivity index (χ3v) is 4.71. The van der Waals surface area contributed by atoms with Crippen molar-refractivity contribution in [1.29, 1.82) is 0 Å². The first kappa shape index (κ1) is 13.5. The van der Waals surface area contributed by atoms with Crippen molar-refractivity contribution in [3.63, 3.8) is 0 Å². The zero-order valence-electron chi connectivity index (χ0n) is 10.8. The first-order chi connectivity index (χ1) is 8.50. The van der Waals surface area contributed by atoms with Crippen molar-refractivity contribution in [2.24, 2.45) is 5.92 Å². The molecule has 2 fully saturated rings. The number of aliphatic carboxylic acids is 1. The van der Waals surface area contributed by atoms with Gasteiger partial charge in [-0.15, -0.1) is 0 Å². The van der Waals surface area contributed by atoms with E-state index >= 15 is 0 Å². The molecule has 2 saturated heterocycles. The number of likely N-dealkylation sites (tertiary alicyclic amines) is 1. The summed E-state index contributed by atoms with van der Waals surface area (Å²) >= 11 is 1.60. The molecular formula is C12H20N2O3S. The van der Waals surface area contributed by atoms with Crippen LogP contribution >= 0.6 is 11.8 Å².